The van der Waals surface area contributed by atoms with Crippen molar-refractivity contribution < 1.29 is 8.42 Å². The van der Waals surface area contributed by atoms with Gasteiger partial charge in [-0.15, -0.1) is 0 Å². The summed E-state index contributed by atoms with van der Waals surface area (Å²) in [6.07, 6.45) is 1.52. The lowest BCUT2D eigenvalue weighted by atomic mass is 10.3. The van der Waals surface area contributed by atoms with Crippen LogP contribution >= 0.6 is 15.9 Å². The molecule has 0 atom stereocenters. The van der Waals surface area contributed by atoms with E-state index in [-0.39, 0.29) is 5.25 Å². The van der Waals surface area contributed by atoms with Gasteiger partial charge in [0.05, 0.1) is 16.6 Å². The van der Waals surface area contributed by atoms with Crippen molar-refractivity contribution in [1.29, 1.82) is 0 Å². The van der Waals surface area contributed by atoms with Crippen LogP contribution < -0.4 is 4.72 Å². The lowest BCUT2D eigenvalue weighted by Crippen LogP contribution is -2.18. The molecule has 1 aliphatic carbocycles. The quantitative estimate of drug-likeness (QED) is 0.867. The molecule has 0 spiro atoms. The zero-order chi connectivity index (χ0) is 11.1. The number of hydrogen-bond donors (Lipinski definition) is 1. The van der Waals surface area contributed by atoms with E-state index in [9.17, 15) is 8.42 Å². The number of halogens is 1. The standard InChI is InChI=1S/C9H11BrN2O2S/c1-6-8(4-5-9(10)11-6)12-15(13,14)7-2-3-7/h4-5,7,12H,2-3H2,1H3. The lowest BCUT2D eigenvalue weighted by molar-refractivity contribution is 0.600. The SMILES string of the molecule is Cc1nc(Br)ccc1NS(=O)(=O)C1CC1. The summed E-state index contributed by atoms with van der Waals surface area (Å²) in [5.41, 5.74) is 1.23. The molecule has 0 unspecified atom stereocenters. The van der Waals surface area contributed by atoms with Crippen LogP contribution in [-0.4, -0.2) is 18.7 Å². The Balaban J connectivity index is 2.24. The van der Waals surface area contributed by atoms with Crippen LogP contribution in [0.2, 0.25) is 0 Å². The Morgan fingerprint density at radius 2 is 2.13 bits per heavy atom. The molecule has 1 N–H and O–H groups in total. The highest BCUT2D eigenvalue weighted by atomic mass is 79.9. The number of hydrogen-bond acceptors (Lipinski definition) is 3. The van der Waals surface area contributed by atoms with Gasteiger partial charge in [-0.3, -0.25) is 4.72 Å². The average Bonchev–Trinajstić information content (AvgIpc) is 2.92. The van der Waals surface area contributed by atoms with Gasteiger partial charge < -0.3 is 0 Å². The van der Waals surface area contributed by atoms with Crippen molar-refractivity contribution in [2.45, 2.75) is 25.0 Å². The summed E-state index contributed by atoms with van der Waals surface area (Å²) in [5.74, 6) is 0. The number of nitrogens with zero attached hydrogens (tertiary/aromatic N) is 1. The molecule has 6 heteroatoms. The fraction of sp³-hybridized carbons (Fsp3) is 0.444. The van der Waals surface area contributed by atoms with E-state index in [1.165, 1.54) is 0 Å². The molecule has 1 fully saturated rings. The maximum atomic E-state index is 11.6. The fourth-order valence-corrected chi connectivity index (χ4v) is 3.10. The molecule has 0 amide bonds. The van der Waals surface area contributed by atoms with Gasteiger partial charge >= 0.3 is 0 Å². The minimum atomic E-state index is -3.18. The third-order valence-corrected chi connectivity index (χ3v) is 4.56. The van der Waals surface area contributed by atoms with Crippen LogP contribution in [0.4, 0.5) is 5.69 Å². The van der Waals surface area contributed by atoms with Gasteiger partial charge in [0.15, 0.2) is 0 Å². The van der Waals surface area contributed by atoms with Crippen molar-refractivity contribution in [2.24, 2.45) is 0 Å². The highest BCUT2D eigenvalue weighted by Gasteiger charge is 2.35. The van der Waals surface area contributed by atoms with E-state index in [0.717, 1.165) is 12.8 Å². The second-order valence-corrected chi connectivity index (χ2v) is 6.39. The Hall–Kier alpha value is -0.620. The maximum Gasteiger partial charge on any atom is 0.235 e. The number of sulfonamides is 1. The number of aromatic nitrogens is 1. The van der Waals surface area contributed by atoms with Crippen molar-refractivity contribution in [3.63, 3.8) is 0 Å². The topological polar surface area (TPSA) is 59.1 Å². The van der Waals surface area contributed by atoms with Crippen LogP contribution in [-0.2, 0) is 10.0 Å². The first-order valence-electron chi connectivity index (χ1n) is 4.64. The van der Waals surface area contributed by atoms with Crippen LogP contribution in [0.5, 0.6) is 0 Å². The van der Waals surface area contributed by atoms with Crippen molar-refractivity contribution in [3.05, 3.63) is 22.4 Å². The Bertz CT molecular complexity index is 483. The third-order valence-electron chi connectivity index (χ3n) is 2.27. The number of anilines is 1. The molecule has 0 radical (unpaired) electrons. The predicted octanol–water partition coefficient (Wildman–Crippen LogP) is 2.06. The van der Waals surface area contributed by atoms with Crippen LogP contribution in [0, 0.1) is 6.92 Å². The van der Waals surface area contributed by atoms with Gasteiger partial charge in [0, 0.05) is 0 Å². The molecular formula is C9H11BrN2O2S. The molecule has 2 rings (SSSR count). The van der Waals surface area contributed by atoms with E-state index < -0.39 is 10.0 Å². The molecule has 0 saturated heterocycles. The Morgan fingerprint density at radius 3 is 2.67 bits per heavy atom. The first-order valence-corrected chi connectivity index (χ1v) is 6.98. The first-order chi connectivity index (χ1) is 6.99. The summed E-state index contributed by atoms with van der Waals surface area (Å²) in [6, 6.07) is 3.43. The van der Waals surface area contributed by atoms with Crippen molar-refractivity contribution >= 4 is 31.6 Å². The molecule has 0 aromatic carbocycles. The van der Waals surface area contributed by atoms with Gasteiger partial charge in [0.2, 0.25) is 10.0 Å². The molecule has 4 nitrogen and oxygen atoms in total. The second kappa shape index (κ2) is 3.75. The normalized spacial score (nSPS) is 16.4. The first kappa shape index (κ1) is 10.9. The van der Waals surface area contributed by atoms with Gasteiger partial charge in [-0.25, -0.2) is 13.4 Å². The van der Waals surface area contributed by atoms with E-state index in [4.69, 9.17) is 0 Å². The summed E-state index contributed by atoms with van der Waals surface area (Å²) in [6.45, 7) is 1.77. The summed E-state index contributed by atoms with van der Waals surface area (Å²) >= 11 is 3.23. The largest absolute Gasteiger partial charge is 0.281 e. The molecule has 82 valence electrons. The van der Waals surface area contributed by atoms with E-state index in [0.29, 0.717) is 16.0 Å². The number of aryl methyl sites for hydroxylation is 1. The Labute approximate surface area is 97.3 Å². The molecule has 1 aliphatic rings. The molecule has 15 heavy (non-hydrogen) atoms. The van der Waals surface area contributed by atoms with Gasteiger partial charge in [0.25, 0.3) is 0 Å². The van der Waals surface area contributed by atoms with Crippen molar-refractivity contribution in [3.8, 4) is 0 Å². The van der Waals surface area contributed by atoms with Gasteiger partial charge in [-0.2, -0.15) is 0 Å². The van der Waals surface area contributed by atoms with Gasteiger partial charge in [-0.1, -0.05) is 0 Å². The Kier molecular flexibility index (Phi) is 2.72. The van der Waals surface area contributed by atoms with Gasteiger partial charge in [0.1, 0.15) is 4.60 Å². The summed E-state index contributed by atoms with van der Waals surface area (Å²) in [5, 5.41) is -0.208. The van der Waals surface area contributed by atoms with Crippen molar-refractivity contribution in [1.82, 2.24) is 4.98 Å². The third kappa shape index (κ3) is 2.49. The maximum absolute atomic E-state index is 11.6. The zero-order valence-corrected chi connectivity index (χ0v) is 10.6. The van der Waals surface area contributed by atoms with E-state index in [1.54, 1.807) is 19.1 Å². The highest BCUT2D eigenvalue weighted by molar-refractivity contribution is 9.10. The zero-order valence-electron chi connectivity index (χ0n) is 8.20. The average molecular weight is 291 g/mol. The van der Waals surface area contributed by atoms with E-state index in [2.05, 4.69) is 25.6 Å². The van der Waals surface area contributed by atoms with E-state index >= 15 is 0 Å². The molecule has 1 heterocycles. The van der Waals surface area contributed by atoms with Crippen LogP contribution in [0.15, 0.2) is 16.7 Å². The summed E-state index contributed by atoms with van der Waals surface area (Å²) in [4.78, 5) is 4.13. The molecule has 0 aliphatic heterocycles. The van der Waals surface area contributed by atoms with Crippen LogP contribution in [0.3, 0.4) is 0 Å². The second-order valence-electron chi connectivity index (χ2n) is 3.61. The van der Waals surface area contributed by atoms with Gasteiger partial charge in [-0.05, 0) is 47.8 Å². The highest BCUT2D eigenvalue weighted by Crippen LogP contribution is 2.30. The predicted molar refractivity (Wildman–Crippen MR) is 62.2 cm³/mol. The monoisotopic (exact) mass is 290 g/mol. The van der Waals surface area contributed by atoms with Crippen LogP contribution in [0.1, 0.15) is 18.5 Å². The molecule has 1 aromatic heterocycles. The number of rotatable bonds is 3. The molecule has 1 saturated carbocycles. The lowest BCUT2D eigenvalue weighted by Gasteiger charge is -2.08. The number of nitrogens with one attached hydrogen (secondary N) is 1. The molecule has 1 aromatic rings. The minimum absolute atomic E-state index is 0.208. The minimum Gasteiger partial charge on any atom is -0.281 e. The summed E-state index contributed by atoms with van der Waals surface area (Å²) < 4.78 is 26.6. The summed E-state index contributed by atoms with van der Waals surface area (Å²) in [7, 11) is -3.18. The number of pyridine rings is 1. The van der Waals surface area contributed by atoms with E-state index in [1.807, 2.05) is 0 Å². The Morgan fingerprint density at radius 1 is 1.47 bits per heavy atom. The molecule has 0 bridgehead atoms. The van der Waals surface area contributed by atoms with Crippen LogP contribution in [0.25, 0.3) is 0 Å². The fourth-order valence-electron chi connectivity index (χ4n) is 1.25. The smallest absolute Gasteiger partial charge is 0.235 e. The van der Waals surface area contributed by atoms with Crippen molar-refractivity contribution in [2.75, 3.05) is 4.72 Å². The molecular weight excluding hydrogens is 280 g/mol.